The molecule has 0 bridgehead atoms. The zero-order valence-electron chi connectivity index (χ0n) is 15.4. The lowest BCUT2D eigenvalue weighted by Crippen LogP contribution is -2.01. The molecule has 3 aromatic carbocycles. The molecule has 0 unspecified atom stereocenters. The fourth-order valence-electron chi connectivity index (χ4n) is 2.65. The summed E-state index contributed by atoms with van der Waals surface area (Å²) in [6.07, 6.45) is 1.64. The maximum atomic E-state index is 13.0. The summed E-state index contributed by atoms with van der Waals surface area (Å²) in [5, 5.41) is 9.94. The van der Waals surface area contributed by atoms with Crippen LogP contribution in [0.3, 0.4) is 0 Å². The molecule has 4 aromatic rings. The standard InChI is InChI=1S/C22H14FIN2O2S2/c23-15-3-1-13(2-4-15)20(28)12-29-22-26-18-7-6-17(10-21(18)30-22)25-11-14-9-16(24)5-8-19(14)27/h1-11,27H,12H2. The number of thioether (sulfide) groups is 1. The molecule has 8 heteroatoms. The van der Waals surface area contributed by atoms with Crippen molar-refractivity contribution < 1.29 is 14.3 Å². The average molecular weight is 548 g/mol. The predicted molar refractivity (Wildman–Crippen MR) is 129 cm³/mol. The number of benzene rings is 3. The van der Waals surface area contributed by atoms with E-state index in [1.807, 2.05) is 30.3 Å². The van der Waals surface area contributed by atoms with Gasteiger partial charge in [0.2, 0.25) is 0 Å². The van der Waals surface area contributed by atoms with Gasteiger partial charge in [-0.15, -0.1) is 11.3 Å². The van der Waals surface area contributed by atoms with Crippen LogP contribution in [0.4, 0.5) is 10.1 Å². The SMILES string of the molecule is O=C(CSc1nc2ccc(N=Cc3cc(I)ccc3O)cc2s1)c1ccc(F)cc1. The van der Waals surface area contributed by atoms with E-state index in [4.69, 9.17) is 0 Å². The minimum Gasteiger partial charge on any atom is -0.507 e. The molecule has 0 aliphatic carbocycles. The Morgan fingerprint density at radius 1 is 1.17 bits per heavy atom. The maximum absolute atomic E-state index is 13.0. The summed E-state index contributed by atoms with van der Waals surface area (Å²) in [5.41, 5.74) is 2.73. The van der Waals surface area contributed by atoms with Crippen molar-refractivity contribution in [1.82, 2.24) is 4.98 Å². The highest BCUT2D eigenvalue weighted by Crippen LogP contribution is 2.32. The molecule has 150 valence electrons. The number of thiazole rings is 1. The van der Waals surface area contributed by atoms with E-state index in [0.717, 1.165) is 23.8 Å². The Bertz CT molecular complexity index is 1260. The van der Waals surface area contributed by atoms with Gasteiger partial charge in [-0.25, -0.2) is 9.37 Å². The first-order valence-electron chi connectivity index (χ1n) is 8.83. The largest absolute Gasteiger partial charge is 0.507 e. The second kappa shape index (κ2) is 9.23. The molecule has 1 aromatic heterocycles. The molecule has 1 N–H and O–H groups in total. The zero-order valence-corrected chi connectivity index (χ0v) is 19.2. The third kappa shape index (κ3) is 5.05. The first-order valence-corrected chi connectivity index (χ1v) is 11.7. The summed E-state index contributed by atoms with van der Waals surface area (Å²) in [4.78, 5) is 21.3. The molecule has 0 fully saturated rings. The first-order chi connectivity index (χ1) is 14.5. The van der Waals surface area contributed by atoms with Crippen molar-refractivity contribution in [3.05, 3.63) is 81.2 Å². The highest BCUT2D eigenvalue weighted by atomic mass is 127. The van der Waals surface area contributed by atoms with E-state index in [1.165, 1.54) is 47.4 Å². The highest BCUT2D eigenvalue weighted by Gasteiger charge is 2.10. The number of hydrogen-bond acceptors (Lipinski definition) is 6. The Labute approximate surface area is 194 Å². The lowest BCUT2D eigenvalue weighted by molar-refractivity contribution is 0.102. The molecule has 0 atom stereocenters. The van der Waals surface area contributed by atoms with E-state index < -0.39 is 0 Å². The number of aliphatic imine (C=N–C) groups is 1. The second-order valence-electron chi connectivity index (χ2n) is 6.31. The number of carbonyl (C=O) groups is 1. The van der Waals surface area contributed by atoms with E-state index in [2.05, 4.69) is 32.6 Å². The molecule has 4 rings (SSSR count). The lowest BCUT2D eigenvalue weighted by atomic mass is 10.1. The van der Waals surface area contributed by atoms with Gasteiger partial charge in [0, 0.05) is 20.9 Å². The van der Waals surface area contributed by atoms with Crippen LogP contribution in [0, 0.1) is 9.39 Å². The summed E-state index contributed by atoms with van der Waals surface area (Å²) in [6, 6.07) is 16.6. The third-order valence-electron chi connectivity index (χ3n) is 4.19. The van der Waals surface area contributed by atoms with E-state index in [9.17, 15) is 14.3 Å². The van der Waals surface area contributed by atoms with Crippen LogP contribution in [0.25, 0.3) is 10.2 Å². The number of phenols is 1. The van der Waals surface area contributed by atoms with E-state index >= 15 is 0 Å². The molecule has 0 radical (unpaired) electrons. The lowest BCUT2D eigenvalue weighted by Gasteiger charge is -1.99. The van der Waals surface area contributed by atoms with Crippen molar-refractivity contribution in [3.8, 4) is 5.75 Å². The van der Waals surface area contributed by atoms with E-state index in [-0.39, 0.29) is 23.1 Å². The Hall–Kier alpha value is -2.30. The maximum Gasteiger partial charge on any atom is 0.173 e. The molecule has 0 saturated heterocycles. The van der Waals surface area contributed by atoms with Crippen molar-refractivity contribution in [2.75, 3.05) is 5.75 Å². The molecular weight excluding hydrogens is 534 g/mol. The van der Waals surface area contributed by atoms with Crippen molar-refractivity contribution in [2.45, 2.75) is 4.34 Å². The van der Waals surface area contributed by atoms with Gasteiger partial charge in [-0.1, -0.05) is 11.8 Å². The number of fused-ring (bicyclic) bond motifs is 1. The van der Waals surface area contributed by atoms with Gasteiger partial charge in [-0.3, -0.25) is 9.79 Å². The van der Waals surface area contributed by atoms with Crippen LogP contribution in [0.5, 0.6) is 5.75 Å². The summed E-state index contributed by atoms with van der Waals surface area (Å²) < 4.78 is 15.8. The number of phenolic OH excluding ortho intramolecular Hbond substituents is 1. The molecule has 0 saturated carbocycles. The molecule has 0 aliphatic rings. The number of ketones is 1. The summed E-state index contributed by atoms with van der Waals surface area (Å²) in [6.45, 7) is 0. The number of aromatic hydroxyl groups is 1. The Balaban J connectivity index is 1.47. The fraction of sp³-hybridized carbons (Fsp3) is 0.0455. The molecule has 1 heterocycles. The molecule has 0 amide bonds. The number of Topliss-reactive ketones (excluding diaryl/α,β-unsaturated/α-hetero) is 1. The van der Waals surface area contributed by atoms with E-state index in [0.29, 0.717) is 11.1 Å². The predicted octanol–water partition coefficient (Wildman–Crippen LogP) is 6.47. The van der Waals surface area contributed by atoms with Crippen LogP contribution in [-0.4, -0.2) is 27.8 Å². The van der Waals surface area contributed by atoms with Crippen LogP contribution < -0.4 is 0 Å². The molecule has 30 heavy (non-hydrogen) atoms. The fourth-order valence-corrected chi connectivity index (χ4v) is 5.16. The molecule has 0 spiro atoms. The monoisotopic (exact) mass is 548 g/mol. The third-order valence-corrected chi connectivity index (χ3v) is 7.02. The van der Waals surface area contributed by atoms with Gasteiger partial charge >= 0.3 is 0 Å². The molecular formula is C22H14FIN2O2S2. The average Bonchev–Trinajstić information content (AvgIpc) is 3.15. The van der Waals surface area contributed by atoms with Gasteiger partial charge in [-0.2, -0.15) is 0 Å². The van der Waals surface area contributed by atoms with Crippen molar-refractivity contribution in [3.63, 3.8) is 0 Å². The Morgan fingerprint density at radius 3 is 2.77 bits per heavy atom. The van der Waals surface area contributed by atoms with E-state index in [1.54, 1.807) is 12.3 Å². The summed E-state index contributed by atoms with van der Waals surface area (Å²) in [5.74, 6) is -0.00649. The Kier molecular flexibility index (Phi) is 6.45. The minimum atomic E-state index is -0.360. The summed E-state index contributed by atoms with van der Waals surface area (Å²) in [7, 11) is 0. The number of rotatable bonds is 6. The van der Waals surface area contributed by atoms with Crippen LogP contribution in [-0.2, 0) is 0 Å². The first kappa shape index (κ1) is 21.0. The normalized spacial score (nSPS) is 11.4. The summed E-state index contributed by atoms with van der Waals surface area (Å²) >= 11 is 5.04. The van der Waals surface area contributed by atoms with Crippen molar-refractivity contribution in [1.29, 1.82) is 0 Å². The number of carbonyl (C=O) groups excluding carboxylic acids is 1. The number of aromatic nitrogens is 1. The van der Waals surface area contributed by atoms with Crippen LogP contribution in [0.1, 0.15) is 15.9 Å². The van der Waals surface area contributed by atoms with Crippen LogP contribution >= 0.6 is 45.7 Å². The van der Waals surface area contributed by atoms with Gasteiger partial charge in [0.15, 0.2) is 10.1 Å². The van der Waals surface area contributed by atoms with Gasteiger partial charge in [-0.05, 0) is 83.3 Å². The highest BCUT2D eigenvalue weighted by molar-refractivity contribution is 14.1. The second-order valence-corrected chi connectivity index (χ2v) is 9.81. The van der Waals surface area contributed by atoms with Crippen molar-refractivity contribution >= 4 is 73.6 Å². The quantitative estimate of drug-likeness (QED) is 0.130. The van der Waals surface area contributed by atoms with Crippen molar-refractivity contribution in [2.24, 2.45) is 4.99 Å². The molecule has 4 nitrogen and oxygen atoms in total. The Morgan fingerprint density at radius 2 is 1.97 bits per heavy atom. The van der Waals surface area contributed by atoms with Gasteiger partial charge in [0.05, 0.1) is 21.7 Å². The van der Waals surface area contributed by atoms with Gasteiger partial charge < -0.3 is 5.11 Å². The minimum absolute atomic E-state index is 0.0677. The zero-order chi connectivity index (χ0) is 21.1. The van der Waals surface area contributed by atoms with Crippen LogP contribution in [0.15, 0.2) is 70.0 Å². The number of hydrogen-bond donors (Lipinski definition) is 1. The number of halogens is 2. The van der Waals surface area contributed by atoms with Crippen LogP contribution in [0.2, 0.25) is 0 Å². The van der Waals surface area contributed by atoms with Gasteiger partial charge in [0.1, 0.15) is 11.6 Å². The number of nitrogens with zero attached hydrogens (tertiary/aromatic N) is 2. The molecule has 0 aliphatic heterocycles. The topological polar surface area (TPSA) is 62.5 Å². The smallest absolute Gasteiger partial charge is 0.173 e. The van der Waals surface area contributed by atoms with Gasteiger partial charge in [0.25, 0.3) is 0 Å².